The zero-order valence-electron chi connectivity index (χ0n) is 12.0. The second-order valence-corrected chi connectivity index (χ2v) is 6.74. The maximum Gasteiger partial charge on any atom is 0.236 e. The van der Waals surface area contributed by atoms with Gasteiger partial charge in [-0.05, 0) is 32.6 Å². The molecule has 1 fully saturated rings. The number of aryl methyl sites for hydroxylation is 1. The van der Waals surface area contributed by atoms with Gasteiger partial charge in [0.15, 0.2) is 0 Å². The Balaban J connectivity index is 1.77. The molecule has 0 bridgehead atoms. The number of nitrogens with one attached hydrogen (secondary N) is 1. The van der Waals surface area contributed by atoms with Crippen LogP contribution in [0.15, 0.2) is 6.20 Å². The summed E-state index contributed by atoms with van der Waals surface area (Å²) in [5.74, 6) is 0.973. The molecule has 0 aromatic carbocycles. The van der Waals surface area contributed by atoms with Crippen molar-refractivity contribution < 1.29 is 4.79 Å². The van der Waals surface area contributed by atoms with E-state index in [2.05, 4.69) is 24.1 Å². The lowest BCUT2D eigenvalue weighted by Crippen LogP contribution is -2.43. The maximum absolute atomic E-state index is 12.1. The highest BCUT2D eigenvalue weighted by atomic mass is 32.1. The van der Waals surface area contributed by atoms with Gasteiger partial charge in [0.05, 0.1) is 12.6 Å². The number of hydrogen-bond acceptors (Lipinski definition) is 4. The summed E-state index contributed by atoms with van der Waals surface area (Å²) in [5.41, 5.74) is 0. The zero-order chi connectivity index (χ0) is 13.8. The molecule has 5 heteroatoms. The van der Waals surface area contributed by atoms with E-state index in [4.69, 9.17) is 0 Å². The Morgan fingerprint density at radius 1 is 1.58 bits per heavy atom. The third-order valence-electron chi connectivity index (χ3n) is 3.71. The van der Waals surface area contributed by atoms with E-state index in [9.17, 15) is 4.79 Å². The summed E-state index contributed by atoms with van der Waals surface area (Å²) in [6.45, 7) is 8.59. The molecule has 19 heavy (non-hydrogen) atoms. The fourth-order valence-electron chi connectivity index (χ4n) is 2.27. The first-order valence-corrected chi connectivity index (χ1v) is 7.81. The number of nitrogens with zero attached hydrogens (tertiary/aromatic N) is 2. The molecule has 1 aliphatic heterocycles. The molecule has 0 unspecified atom stereocenters. The number of amides is 1. The van der Waals surface area contributed by atoms with E-state index >= 15 is 0 Å². The number of likely N-dealkylation sites (tertiary alicyclic amines) is 1. The molecule has 1 N–H and O–H groups in total. The van der Waals surface area contributed by atoms with Crippen LogP contribution in [0.4, 0.5) is 0 Å². The maximum atomic E-state index is 12.1. The van der Waals surface area contributed by atoms with Crippen molar-refractivity contribution in [3.63, 3.8) is 0 Å². The average Bonchev–Trinajstić information content (AvgIpc) is 2.83. The predicted molar refractivity (Wildman–Crippen MR) is 78.2 cm³/mol. The van der Waals surface area contributed by atoms with Crippen LogP contribution in [0.3, 0.4) is 0 Å². The van der Waals surface area contributed by atoms with E-state index in [1.54, 1.807) is 11.3 Å². The fourth-order valence-corrected chi connectivity index (χ4v) is 3.07. The number of carbonyl (C=O) groups excluding carboxylic acids is 1. The quantitative estimate of drug-likeness (QED) is 0.921. The number of piperidine rings is 1. The number of carbonyl (C=O) groups is 1. The van der Waals surface area contributed by atoms with Crippen molar-refractivity contribution in [2.24, 2.45) is 5.92 Å². The third-order valence-corrected chi connectivity index (χ3v) is 4.80. The summed E-state index contributed by atoms with van der Waals surface area (Å²) >= 11 is 1.68. The molecule has 1 aromatic rings. The van der Waals surface area contributed by atoms with Gasteiger partial charge in [0.2, 0.25) is 5.91 Å². The first-order chi connectivity index (χ1) is 9.06. The molecule has 0 radical (unpaired) electrons. The van der Waals surface area contributed by atoms with Crippen LogP contribution in [-0.4, -0.2) is 35.4 Å². The van der Waals surface area contributed by atoms with Gasteiger partial charge in [0.1, 0.15) is 5.01 Å². The largest absolute Gasteiger partial charge is 0.342 e. The summed E-state index contributed by atoms with van der Waals surface area (Å²) in [6.07, 6.45) is 4.14. The van der Waals surface area contributed by atoms with Gasteiger partial charge in [0.25, 0.3) is 0 Å². The van der Waals surface area contributed by atoms with Crippen molar-refractivity contribution in [2.75, 3.05) is 19.6 Å². The molecule has 2 heterocycles. The van der Waals surface area contributed by atoms with E-state index in [1.165, 1.54) is 4.88 Å². The van der Waals surface area contributed by atoms with Crippen LogP contribution < -0.4 is 5.32 Å². The summed E-state index contributed by atoms with van der Waals surface area (Å²) < 4.78 is 0. The molecular formula is C14H23N3OS. The minimum atomic E-state index is 0.145. The molecule has 0 spiro atoms. The van der Waals surface area contributed by atoms with Gasteiger partial charge >= 0.3 is 0 Å². The standard InChI is InChI=1S/C14H23N3OS/c1-10-4-6-17(7-5-10)13(18)9-15-12(3)14-16-8-11(2)19-14/h8,10,12,15H,4-7,9H2,1-3H3/t12-/m0/s1. The second kappa shape index (κ2) is 6.48. The van der Waals surface area contributed by atoms with Gasteiger partial charge in [-0.25, -0.2) is 4.98 Å². The Kier molecular flexibility index (Phi) is 4.93. The third kappa shape index (κ3) is 4.01. The molecule has 1 atom stereocenters. The molecular weight excluding hydrogens is 258 g/mol. The second-order valence-electron chi connectivity index (χ2n) is 5.48. The Labute approximate surface area is 119 Å². The zero-order valence-corrected chi connectivity index (χ0v) is 12.8. The summed E-state index contributed by atoms with van der Waals surface area (Å²) in [6, 6.07) is 0.145. The van der Waals surface area contributed by atoms with Crippen LogP contribution in [0, 0.1) is 12.8 Å². The summed E-state index contributed by atoms with van der Waals surface area (Å²) in [5, 5.41) is 4.33. The molecule has 0 saturated carbocycles. The smallest absolute Gasteiger partial charge is 0.236 e. The molecule has 1 aliphatic rings. The van der Waals surface area contributed by atoms with Gasteiger partial charge in [-0.2, -0.15) is 0 Å². The van der Waals surface area contributed by atoms with Gasteiger partial charge in [0, 0.05) is 24.2 Å². The van der Waals surface area contributed by atoms with Gasteiger partial charge in [-0.1, -0.05) is 6.92 Å². The Hall–Kier alpha value is -0.940. The highest BCUT2D eigenvalue weighted by Crippen LogP contribution is 2.19. The highest BCUT2D eigenvalue weighted by Gasteiger charge is 2.20. The number of hydrogen-bond donors (Lipinski definition) is 1. The van der Waals surface area contributed by atoms with Gasteiger partial charge < -0.3 is 4.90 Å². The van der Waals surface area contributed by atoms with E-state index in [-0.39, 0.29) is 11.9 Å². The van der Waals surface area contributed by atoms with Crippen LogP contribution >= 0.6 is 11.3 Å². The Morgan fingerprint density at radius 3 is 2.84 bits per heavy atom. The van der Waals surface area contributed by atoms with Crippen molar-refractivity contribution in [2.45, 2.75) is 39.7 Å². The SMILES string of the molecule is Cc1cnc([C@H](C)NCC(=O)N2CCC(C)CC2)s1. The molecule has 4 nitrogen and oxygen atoms in total. The molecule has 1 aromatic heterocycles. The fraction of sp³-hybridized carbons (Fsp3) is 0.714. The highest BCUT2D eigenvalue weighted by molar-refractivity contribution is 7.11. The first kappa shape index (κ1) is 14.5. The number of thiazole rings is 1. The van der Waals surface area contributed by atoms with Gasteiger partial charge in [-0.3, -0.25) is 10.1 Å². The van der Waals surface area contributed by atoms with Crippen molar-refractivity contribution in [1.82, 2.24) is 15.2 Å². The lowest BCUT2D eigenvalue weighted by atomic mass is 9.99. The monoisotopic (exact) mass is 281 g/mol. The lowest BCUT2D eigenvalue weighted by Gasteiger charge is -2.30. The lowest BCUT2D eigenvalue weighted by molar-refractivity contribution is -0.131. The van der Waals surface area contributed by atoms with Crippen molar-refractivity contribution in [1.29, 1.82) is 0 Å². The van der Waals surface area contributed by atoms with Crippen LogP contribution in [0.5, 0.6) is 0 Å². The number of aromatic nitrogens is 1. The van der Waals surface area contributed by atoms with E-state index in [1.807, 2.05) is 18.0 Å². The van der Waals surface area contributed by atoms with Crippen LogP contribution in [0.25, 0.3) is 0 Å². The topological polar surface area (TPSA) is 45.2 Å². The van der Waals surface area contributed by atoms with Crippen LogP contribution in [0.2, 0.25) is 0 Å². The predicted octanol–water partition coefficient (Wildman–Crippen LogP) is 2.36. The number of rotatable bonds is 4. The van der Waals surface area contributed by atoms with Crippen LogP contribution in [-0.2, 0) is 4.79 Å². The van der Waals surface area contributed by atoms with E-state index in [0.717, 1.165) is 36.9 Å². The Bertz CT molecular complexity index is 424. The minimum Gasteiger partial charge on any atom is -0.342 e. The van der Waals surface area contributed by atoms with Crippen molar-refractivity contribution in [3.8, 4) is 0 Å². The summed E-state index contributed by atoms with van der Waals surface area (Å²) in [4.78, 5) is 19.6. The minimum absolute atomic E-state index is 0.145. The van der Waals surface area contributed by atoms with E-state index in [0.29, 0.717) is 6.54 Å². The van der Waals surface area contributed by atoms with Crippen LogP contribution in [0.1, 0.15) is 42.6 Å². The summed E-state index contributed by atoms with van der Waals surface area (Å²) in [7, 11) is 0. The molecule has 1 amide bonds. The molecule has 1 saturated heterocycles. The first-order valence-electron chi connectivity index (χ1n) is 6.99. The van der Waals surface area contributed by atoms with E-state index < -0.39 is 0 Å². The van der Waals surface area contributed by atoms with Crippen molar-refractivity contribution >= 4 is 17.2 Å². The molecule has 106 valence electrons. The van der Waals surface area contributed by atoms with Crippen molar-refractivity contribution in [3.05, 3.63) is 16.1 Å². The average molecular weight is 281 g/mol. The Morgan fingerprint density at radius 2 is 2.26 bits per heavy atom. The normalized spacial score (nSPS) is 18.6. The van der Waals surface area contributed by atoms with Gasteiger partial charge in [-0.15, -0.1) is 11.3 Å². The molecule has 0 aliphatic carbocycles. The molecule has 2 rings (SSSR count).